The molecule has 2 rings (SSSR count). The molecule has 0 aliphatic heterocycles. The normalized spacial score (nSPS) is 10.1. The minimum absolute atomic E-state index is 0.555. The van der Waals surface area contributed by atoms with Crippen LogP contribution >= 0.6 is 0 Å². The molecular formula is C10H13N5O. The van der Waals surface area contributed by atoms with Crippen LogP contribution in [0.2, 0.25) is 0 Å². The van der Waals surface area contributed by atoms with Crippen LogP contribution in [0.5, 0.6) is 5.88 Å². The fourth-order valence-electron chi connectivity index (χ4n) is 1.30. The van der Waals surface area contributed by atoms with Gasteiger partial charge >= 0.3 is 0 Å². The predicted octanol–water partition coefficient (Wildman–Crippen LogP) is 1.13. The summed E-state index contributed by atoms with van der Waals surface area (Å²) in [4.78, 5) is 15.3. The van der Waals surface area contributed by atoms with Gasteiger partial charge in [-0.1, -0.05) is 0 Å². The van der Waals surface area contributed by atoms with E-state index in [4.69, 9.17) is 4.74 Å². The minimum atomic E-state index is 0.555. The molecular weight excluding hydrogens is 206 g/mol. The minimum Gasteiger partial charge on any atom is -0.481 e. The maximum atomic E-state index is 5.06. The molecule has 0 saturated carbocycles. The van der Waals surface area contributed by atoms with Crippen LogP contribution in [0.25, 0.3) is 0 Å². The Kier molecular flexibility index (Phi) is 3.00. The zero-order valence-corrected chi connectivity index (χ0v) is 9.19. The molecule has 16 heavy (non-hydrogen) atoms. The van der Waals surface area contributed by atoms with Gasteiger partial charge < -0.3 is 15.0 Å². The van der Waals surface area contributed by atoms with Crippen LogP contribution in [0, 0.1) is 6.92 Å². The molecule has 84 valence electrons. The van der Waals surface area contributed by atoms with Gasteiger partial charge in [-0.15, -0.1) is 0 Å². The highest BCUT2D eigenvalue weighted by atomic mass is 16.5. The Morgan fingerprint density at radius 2 is 2.31 bits per heavy atom. The zero-order valence-electron chi connectivity index (χ0n) is 9.19. The molecule has 0 bridgehead atoms. The Labute approximate surface area is 93.1 Å². The van der Waals surface area contributed by atoms with Gasteiger partial charge in [0.15, 0.2) is 0 Å². The van der Waals surface area contributed by atoms with Gasteiger partial charge in [0.05, 0.1) is 25.7 Å². The number of nitrogens with one attached hydrogen (secondary N) is 2. The first-order valence-electron chi connectivity index (χ1n) is 4.89. The topological polar surface area (TPSA) is 75.7 Å². The predicted molar refractivity (Wildman–Crippen MR) is 59.2 cm³/mol. The summed E-state index contributed by atoms with van der Waals surface area (Å²) in [5.41, 5.74) is 0.996. The van der Waals surface area contributed by atoms with Gasteiger partial charge in [0.25, 0.3) is 0 Å². The van der Waals surface area contributed by atoms with Crippen LogP contribution < -0.4 is 10.1 Å². The van der Waals surface area contributed by atoms with Gasteiger partial charge in [0.2, 0.25) is 5.88 Å². The van der Waals surface area contributed by atoms with Crippen LogP contribution in [-0.4, -0.2) is 27.0 Å². The number of H-pyrrole nitrogens is 1. The van der Waals surface area contributed by atoms with E-state index in [1.54, 1.807) is 25.7 Å². The first-order valence-corrected chi connectivity index (χ1v) is 4.89. The fraction of sp³-hybridized carbons (Fsp3) is 0.300. The number of methoxy groups -OCH3 is 1. The van der Waals surface area contributed by atoms with E-state index in [1.807, 2.05) is 6.92 Å². The van der Waals surface area contributed by atoms with Crippen molar-refractivity contribution in [3.8, 4) is 5.88 Å². The monoisotopic (exact) mass is 219 g/mol. The largest absolute Gasteiger partial charge is 0.481 e. The number of imidazole rings is 1. The summed E-state index contributed by atoms with van der Waals surface area (Å²) in [6.45, 7) is 2.46. The van der Waals surface area contributed by atoms with Crippen LogP contribution in [0.1, 0.15) is 11.5 Å². The first kappa shape index (κ1) is 10.4. The molecule has 0 spiro atoms. The Balaban J connectivity index is 2.06. The molecule has 6 nitrogen and oxygen atoms in total. The molecule has 6 heteroatoms. The lowest BCUT2D eigenvalue weighted by Crippen LogP contribution is -2.04. The zero-order chi connectivity index (χ0) is 11.4. The van der Waals surface area contributed by atoms with Crippen molar-refractivity contribution in [2.75, 3.05) is 12.4 Å². The van der Waals surface area contributed by atoms with E-state index in [-0.39, 0.29) is 0 Å². The summed E-state index contributed by atoms with van der Waals surface area (Å²) in [7, 11) is 1.58. The molecule has 0 saturated heterocycles. The third kappa shape index (κ3) is 2.47. The number of hydrogen-bond donors (Lipinski definition) is 2. The highest BCUT2D eigenvalue weighted by Gasteiger charge is 2.01. The molecule has 0 atom stereocenters. The van der Waals surface area contributed by atoms with Crippen molar-refractivity contribution in [3.05, 3.63) is 30.1 Å². The molecule has 0 fully saturated rings. The Morgan fingerprint density at radius 3 is 3.00 bits per heavy atom. The second-order valence-corrected chi connectivity index (χ2v) is 3.27. The van der Waals surface area contributed by atoms with E-state index in [1.165, 1.54) is 0 Å². The van der Waals surface area contributed by atoms with Crippen molar-refractivity contribution in [1.29, 1.82) is 0 Å². The number of aromatic amines is 1. The average Bonchev–Trinajstić information content (AvgIpc) is 2.78. The van der Waals surface area contributed by atoms with Crippen LogP contribution in [0.15, 0.2) is 18.6 Å². The number of rotatable bonds is 4. The number of nitrogens with zero attached hydrogens (tertiary/aromatic N) is 3. The second-order valence-electron chi connectivity index (χ2n) is 3.27. The molecule has 0 aliphatic rings. The Morgan fingerprint density at radius 1 is 1.44 bits per heavy atom. The molecule has 0 amide bonds. The summed E-state index contributed by atoms with van der Waals surface area (Å²) in [6.07, 6.45) is 3.40. The lowest BCUT2D eigenvalue weighted by molar-refractivity contribution is 0.396. The number of hydrogen-bond acceptors (Lipinski definition) is 5. The van der Waals surface area contributed by atoms with E-state index in [2.05, 4.69) is 25.3 Å². The van der Waals surface area contributed by atoms with Gasteiger partial charge in [-0.3, -0.25) is 0 Å². The standard InChI is InChI=1S/C10H13N5O/c1-7-14-9(3-10(15-7)16-2)12-5-8-4-11-6-13-8/h3-4,6H,5H2,1-2H3,(H,11,13)(H,12,14,15). The Hall–Kier alpha value is -2.11. The third-order valence-electron chi connectivity index (χ3n) is 2.04. The Bertz CT molecular complexity index is 454. The van der Waals surface area contributed by atoms with Crippen molar-refractivity contribution >= 4 is 5.82 Å². The van der Waals surface area contributed by atoms with E-state index in [9.17, 15) is 0 Å². The van der Waals surface area contributed by atoms with Crippen LogP contribution in [0.4, 0.5) is 5.82 Å². The maximum Gasteiger partial charge on any atom is 0.218 e. The van der Waals surface area contributed by atoms with E-state index >= 15 is 0 Å². The summed E-state index contributed by atoms with van der Waals surface area (Å²) >= 11 is 0. The molecule has 2 aromatic rings. The fourth-order valence-corrected chi connectivity index (χ4v) is 1.30. The smallest absolute Gasteiger partial charge is 0.218 e. The van der Waals surface area contributed by atoms with Gasteiger partial charge in [-0.05, 0) is 6.92 Å². The second kappa shape index (κ2) is 4.61. The molecule has 0 unspecified atom stereocenters. The van der Waals surface area contributed by atoms with Gasteiger partial charge in [-0.2, -0.15) is 4.98 Å². The van der Waals surface area contributed by atoms with E-state index in [0.717, 1.165) is 11.5 Å². The van der Waals surface area contributed by atoms with Gasteiger partial charge in [-0.25, -0.2) is 9.97 Å². The summed E-state index contributed by atoms with van der Waals surface area (Å²) in [5.74, 6) is 1.96. The van der Waals surface area contributed by atoms with Gasteiger partial charge in [0, 0.05) is 12.3 Å². The molecule has 0 radical (unpaired) electrons. The van der Waals surface area contributed by atoms with Crippen molar-refractivity contribution in [3.63, 3.8) is 0 Å². The van der Waals surface area contributed by atoms with E-state index in [0.29, 0.717) is 18.2 Å². The number of ether oxygens (including phenoxy) is 1. The quantitative estimate of drug-likeness (QED) is 0.806. The molecule has 2 N–H and O–H groups in total. The number of aromatic nitrogens is 4. The number of anilines is 1. The van der Waals surface area contributed by atoms with Crippen molar-refractivity contribution in [2.45, 2.75) is 13.5 Å². The molecule has 2 heterocycles. The first-order chi connectivity index (χ1) is 7.78. The third-order valence-corrected chi connectivity index (χ3v) is 2.04. The van der Waals surface area contributed by atoms with Crippen LogP contribution in [-0.2, 0) is 6.54 Å². The summed E-state index contributed by atoms with van der Waals surface area (Å²) < 4.78 is 5.06. The highest BCUT2D eigenvalue weighted by Crippen LogP contribution is 2.13. The molecule has 2 aromatic heterocycles. The van der Waals surface area contributed by atoms with Crippen LogP contribution in [0.3, 0.4) is 0 Å². The van der Waals surface area contributed by atoms with Gasteiger partial charge in [0.1, 0.15) is 11.6 Å². The summed E-state index contributed by atoms with van der Waals surface area (Å²) in [5, 5.41) is 3.16. The lowest BCUT2D eigenvalue weighted by Gasteiger charge is -2.06. The SMILES string of the molecule is COc1cc(NCc2cnc[nH]2)nc(C)n1. The highest BCUT2D eigenvalue weighted by molar-refractivity contribution is 5.38. The van der Waals surface area contributed by atoms with E-state index < -0.39 is 0 Å². The van der Waals surface area contributed by atoms with Crippen molar-refractivity contribution in [1.82, 2.24) is 19.9 Å². The number of aryl methyl sites for hydroxylation is 1. The molecule has 0 aromatic carbocycles. The average molecular weight is 219 g/mol. The van der Waals surface area contributed by atoms with Crippen molar-refractivity contribution < 1.29 is 4.74 Å². The molecule has 0 aliphatic carbocycles. The lowest BCUT2D eigenvalue weighted by atomic mass is 10.4. The van der Waals surface area contributed by atoms with Crippen molar-refractivity contribution in [2.24, 2.45) is 0 Å². The maximum absolute atomic E-state index is 5.06. The summed E-state index contributed by atoms with van der Waals surface area (Å²) in [6, 6.07) is 1.75.